The van der Waals surface area contributed by atoms with Crippen LogP contribution in [0.5, 0.6) is 0 Å². The van der Waals surface area contributed by atoms with Crippen LogP contribution in [-0.2, 0) is 4.79 Å². The fraction of sp³-hybridized carbons (Fsp3) is 0.364. The molecule has 0 bridgehead atoms. The van der Waals surface area contributed by atoms with Gasteiger partial charge in [-0.05, 0) is 28.6 Å². The molecule has 0 heterocycles. The monoisotopic (exact) mass is 237 g/mol. The van der Waals surface area contributed by atoms with Gasteiger partial charge < -0.3 is 0 Å². The first-order chi connectivity index (χ1) is 7.56. The van der Waals surface area contributed by atoms with Crippen molar-refractivity contribution in [3.8, 4) is 0 Å². The van der Waals surface area contributed by atoms with E-state index in [0.717, 1.165) is 5.56 Å². The molecule has 4 nitrogen and oxygen atoms in total. The van der Waals surface area contributed by atoms with Crippen molar-refractivity contribution < 1.29 is 4.79 Å². The molecule has 5 heteroatoms. The Morgan fingerprint density at radius 1 is 1.38 bits per heavy atom. The lowest BCUT2D eigenvalue weighted by Crippen LogP contribution is -2.13. The van der Waals surface area contributed by atoms with Crippen molar-refractivity contribution in [3.05, 3.63) is 40.3 Å². The predicted octanol–water partition coefficient (Wildman–Crippen LogP) is 4.13. The highest BCUT2D eigenvalue weighted by Crippen LogP contribution is 2.28. The Hall–Kier alpha value is -1.51. The molecule has 1 atom stereocenters. The van der Waals surface area contributed by atoms with E-state index in [1.165, 1.54) is 0 Å². The van der Waals surface area contributed by atoms with Crippen molar-refractivity contribution >= 4 is 22.5 Å². The van der Waals surface area contributed by atoms with Crippen molar-refractivity contribution in [1.82, 2.24) is 0 Å². The maximum Gasteiger partial charge on any atom is 0.229 e. The number of benzene rings is 1. The summed E-state index contributed by atoms with van der Waals surface area (Å²) in [6.45, 7) is 3.87. The van der Waals surface area contributed by atoms with Gasteiger partial charge in [-0.25, -0.2) is 0 Å². The predicted molar refractivity (Wildman–Crippen MR) is 63.7 cm³/mol. The van der Waals surface area contributed by atoms with E-state index >= 15 is 0 Å². The van der Waals surface area contributed by atoms with Crippen LogP contribution in [0.3, 0.4) is 0 Å². The molecular weight excluding hydrogens is 226 g/mol. The Bertz CT molecular complexity index is 421. The largest absolute Gasteiger partial charge is 0.281 e. The fourth-order valence-electron chi connectivity index (χ4n) is 1.58. The van der Waals surface area contributed by atoms with Gasteiger partial charge in [0, 0.05) is 10.6 Å². The van der Waals surface area contributed by atoms with E-state index in [1.807, 2.05) is 13.8 Å². The lowest BCUT2D eigenvalue weighted by molar-refractivity contribution is -0.113. The van der Waals surface area contributed by atoms with E-state index in [1.54, 1.807) is 24.3 Å². The number of carbonyl (C=O) groups is 1. The lowest BCUT2D eigenvalue weighted by Gasteiger charge is -2.16. The summed E-state index contributed by atoms with van der Waals surface area (Å²) < 4.78 is 0. The molecule has 0 radical (unpaired) electrons. The van der Waals surface area contributed by atoms with Crippen LogP contribution < -0.4 is 0 Å². The number of rotatable bonds is 4. The first-order valence-electron chi connectivity index (χ1n) is 4.90. The Morgan fingerprint density at radius 3 is 2.31 bits per heavy atom. The number of halogens is 1. The van der Waals surface area contributed by atoms with Crippen LogP contribution in [0.15, 0.2) is 29.4 Å². The minimum Gasteiger partial charge on any atom is -0.281 e. The smallest absolute Gasteiger partial charge is 0.229 e. The second-order valence-corrected chi connectivity index (χ2v) is 4.18. The summed E-state index contributed by atoms with van der Waals surface area (Å²) in [4.78, 5) is 14.0. The first kappa shape index (κ1) is 12.6. The Kier molecular flexibility index (Phi) is 4.35. The van der Waals surface area contributed by atoms with Crippen molar-refractivity contribution in [3.63, 3.8) is 0 Å². The second-order valence-electron chi connectivity index (χ2n) is 3.81. The fourth-order valence-corrected chi connectivity index (χ4v) is 1.96. The minimum atomic E-state index is -0.369. The highest BCUT2D eigenvalue weighted by Gasteiger charge is 2.21. The topological polar surface area (TPSA) is 65.8 Å². The molecule has 0 spiro atoms. The van der Waals surface area contributed by atoms with E-state index < -0.39 is 0 Å². The Balaban J connectivity index is 3.03. The van der Waals surface area contributed by atoms with Gasteiger partial charge in [-0.15, -0.1) is 0 Å². The van der Waals surface area contributed by atoms with Gasteiger partial charge in [-0.1, -0.05) is 43.2 Å². The van der Waals surface area contributed by atoms with Crippen molar-refractivity contribution in [2.24, 2.45) is 11.0 Å². The number of hydrogen-bond acceptors (Lipinski definition) is 2. The zero-order valence-electron chi connectivity index (χ0n) is 9.09. The van der Waals surface area contributed by atoms with Crippen LogP contribution in [0, 0.1) is 5.92 Å². The van der Waals surface area contributed by atoms with Crippen molar-refractivity contribution in [2.75, 3.05) is 0 Å². The third-order valence-corrected chi connectivity index (χ3v) is 2.56. The summed E-state index contributed by atoms with van der Waals surface area (Å²) in [6.07, 6.45) is 0. The Labute approximate surface area is 98.9 Å². The van der Waals surface area contributed by atoms with Gasteiger partial charge in [0.15, 0.2) is 0 Å². The molecule has 0 fully saturated rings. The van der Waals surface area contributed by atoms with Gasteiger partial charge in [-0.3, -0.25) is 4.79 Å². The number of azide groups is 1. The molecule has 1 aromatic rings. The molecular formula is C11H12ClN3O. The van der Waals surface area contributed by atoms with Crippen LogP contribution in [0.25, 0.3) is 10.4 Å². The van der Waals surface area contributed by atoms with Crippen molar-refractivity contribution in [1.29, 1.82) is 0 Å². The number of nitrogens with zero attached hydrogens (tertiary/aromatic N) is 3. The van der Waals surface area contributed by atoms with E-state index in [9.17, 15) is 4.79 Å². The SMILES string of the molecule is CC(C)C(C(=O)Cl)c1ccc(N=[N+]=[N-])cc1. The molecule has 1 aromatic carbocycles. The quantitative estimate of drug-likeness (QED) is 0.336. The highest BCUT2D eigenvalue weighted by molar-refractivity contribution is 6.64. The molecule has 84 valence electrons. The number of carbonyl (C=O) groups excluding carboxylic acids is 1. The molecule has 0 amide bonds. The van der Waals surface area contributed by atoms with E-state index in [0.29, 0.717) is 5.69 Å². The summed E-state index contributed by atoms with van der Waals surface area (Å²) in [5.41, 5.74) is 9.62. The van der Waals surface area contributed by atoms with Crippen molar-refractivity contribution in [2.45, 2.75) is 19.8 Å². The van der Waals surface area contributed by atoms with E-state index in [2.05, 4.69) is 10.0 Å². The summed E-state index contributed by atoms with van der Waals surface area (Å²) in [6, 6.07) is 6.86. The second kappa shape index (κ2) is 5.54. The normalized spacial score (nSPS) is 12.0. The van der Waals surface area contributed by atoms with Gasteiger partial charge in [0.25, 0.3) is 0 Å². The molecule has 0 saturated heterocycles. The molecule has 1 rings (SSSR count). The first-order valence-corrected chi connectivity index (χ1v) is 5.28. The molecule has 0 saturated carbocycles. The minimum absolute atomic E-state index is 0.135. The van der Waals surface area contributed by atoms with Crippen LogP contribution in [-0.4, -0.2) is 5.24 Å². The molecule has 0 aliphatic heterocycles. The average molecular weight is 238 g/mol. The third-order valence-electron chi connectivity index (χ3n) is 2.32. The molecule has 0 aromatic heterocycles. The Morgan fingerprint density at radius 2 is 1.94 bits per heavy atom. The highest BCUT2D eigenvalue weighted by atomic mass is 35.5. The molecule has 0 aliphatic rings. The van der Waals surface area contributed by atoms with E-state index in [4.69, 9.17) is 17.1 Å². The molecule has 0 aliphatic carbocycles. The van der Waals surface area contributed by atoms with Gasteiger partial charge in [0.2, 0.25) is 5.24 Å². The van der Waals surface area contributed by atoms with Crippen LogP contribution >= 0.6 is 11.6 Å². The summed E-state index contributed by atoms with van der Waals surface area (Å²) >= 11 is 5.55. The number of hydrogen-bond donors (Lipinski definition) is 0. The van der Waals surface area contributed by atoms with Gasteiger partial charge in [0.1, 0.15) is 0 Å². The molecule has 1 unspecified atom stereocenters. The average Bonchev–Trinajstić information content (AvgIpc) is 2.20. The van der Waals surface area contributed by atoms with E-state index in [-0.39, 0.29) is 17.1 Å². The summed E-state index contributed by atoms with van der Waals surface area (Å²) in [7, 11) is 0. The van der Waals surface area contributed by atoms with Gasteiger partial charge in [0.05, 0.1) is 5.92 Å². The maximum absolute atomic E-state index is 11.3. The van der Waals surface area contributed by atoms with Crippen LogP contribution in [0.2, 0.25) is 0 Å². The maximum atomic E-state index is 11.3. The van der Waals surface area contributed by atoms with Crippen LogP contribution in [0.1, 0.15) is 25.3 Å². The van der Waals surface area contributed by atoms with Gasteiger partial charge in [-0.2, -0.15) is 0 Å². The zero-order chi connectivity index (χ0) is 12.1. The standard InChI is InChI=1S/C11H12ClN3O/c1-7(2)10(11(12)16)8-3-5-9(6-4-8)14-15-13/h3-7,10H,1-2H3. The zero-order valence-corrected chi connectivity index (χ0v) is 9.85. The lowest BCUT2D eigenvalue weighted by atomic mass is 9.89. The van der Waals surface area contributed by atoms with Crippen LogP contribution in [0.4, 0.5) is 5.69 Å². The van der Waals surface area contributed by atoms with Gasteiger partial charge >= 0.3 is 0 Å². The summed E-state index contributed by atoms with van der Waals surface area (Å²) in [5, 5.41) is 3.09. The molecule has 0 N–H and O–H groups in total. The third kappa shape index (κ3) is 2.99. The summed E-state index contributed by atoms with van der Waals surface area (Å²) in [5.74, 6) is -0.183. The molecule has 16 heavy (non-hydrogen) atoms.